The molecule has 0 saturated heterocycles. The lowest BCUT2D eigenvalue weighted by molar-refractivity contribution is 0.247. The number of benzene rings is 1. The predicted molar refractivity (Wildman–Crippen MR) is 80.9 cm³/mol. The Labute approximate surface area is 126 Å². The third-order valence-electron chi connectivity index (χ3n) is 5.60. The maximum Gasteiger partial charge on any atom is 0.165 e. The molecule has 0 bridgehead atoms. The van der Waals surface area contributed by atoms with Crippen LogP contribution in [0, 0.1) is 23.1 Å². The first-order valence-corrected chi connectivity index (χ1v) is 8.23. The Morgan fingerprint density at radius 3 is 2.67 bits per heavy atom. The molecule has 21 heavy (non-hydrogen) atoms. The Kier molecular flexibility index (Phi) is 3.21. The third-order valence-corrected chi connectivity index (χ3v) is 5.60. The molecule has 4 rings (SSSR count). The molecule has 3 aliphatic carbocycles. The fraction of sp³-hybridized carbons (Fsp3) is 0.667. The molecule has 1 aromatic rings. The molecular formula is C18H24FNO. The lowest BCUT2D eigenvalue weighted by Gasteiger charge is -2.32. The van der Waals surface area contributed by atoms with E-state index in [1.54, 1.807) is 12.1 Å². The van der Waals surface area contributed by atoms with Crippen LogP contribution in [0.4, 0.5) is 4.39 Å². The van der Waals surface area contributed by atoms with Gasteiger partial charge in [0, 0.05) is 12.6 Å². The molecule has 0 heterocycles. The topological polar surface area (TPSA) is 21.3 Å². The lowest BCUT2D eigenvalue weighted by Crippen LogP contribution is -2.36. The largest absolute Gasteiger partial charge is 0.494 e. The van der Waals surface area contributed by atoms with Gasteiger partial charge in [0.1, 0.15) is 0 Å². The molecule has 1 aromatic carbocycles. The predicted octanol–water partition coefficient (Wildman–Crippen LogP) is 3.55. The van der Waals surface area contributed by atoms with Crippen molar-refractivity contribution in [1.29, 1.82) is 0 Å². The van der Waals surface area contributed by atoms with E-state index < -0.39 is 0 Å². The summed E-state index contributed by atoms with van der Waals surface area (Å²) in [6, 6.07) is 6.22. The van der Waals surface area contributed by atoms with Gasteiger partial charge < -0.3 is 10.1 Å². The minimum atomic E-state index is -0.233. The zero-order valence-electron chi connectivity index (χ0n) is 12.7. The fourth-order valence-corrected chi connectivity index (χ4v) is 4.26. The summed E-state index contributed by atoms with van der Waals surface area (Å²) in [5.41, 5.74) is 1.48. The first-order chi connectivity index (χ1) is 10.2. The van der Waals surface area contributed by atoms with E-state index in [0.717, 1.165) is 36.4 Å². The van der Waals surface area contributed by atoms with Gasteiger partial charge in [0.25, 0.3) is 0 Å². The second-order valence-electron chi connectivity index (χ2n) is 7.46. The highest BCUT2D eigenvalue weighted by molar-refractivity contribution is 5.30. The summed E-state index contributed by atoms with van der Waals surface area (Å²) in [6.45, 7) is 1.11. The molecule has 1 N–H and O–H groups in total. The highest BCUT2D eigenvalue weighted by Gasteiger charge is 2.53. The second kappa shape index (κ2) is 4.98. The van der Waals surface area contributed by atoms with Crippen LogP contribution in [0.15, 0.2) is 18.2 Å². The fourth-order valence-electron chi connectivity index (χ4n) is 4.26. The molecule has 3 fully saturated rings. The number of ether oxygens (including phenoxy) is 1. The number of hydrogen-bond donors (Lipinski definition) is 1. The summed E-state index contributed by atoms with van der Waals surface area (Å²) >= 11 is 0. The van der Waals surface area contributed by atoms with E-state index in [9.17, 15) is 4.39 Å². The molecule has 3 heteroatoms. The lowest BCUT2D eigenvalue weighted by atomic mass is 9.77. The van der Waals surface area contributed by atoms with Crippen molar-refractivity contribution in [2.45, 2.75) is 44.6 Å². The van der Waals surface area contributed by atoms with E-state index in [2.05, 4.69) is 5.32 Å². The van der Waals surface area contributed by atoms with Crippen LogP contribution in [0.25, 0.3) is 0 Å². The number of halogens is 1. The molecule has 2 atom stereocenters. The number of hydrogen-bond acceptors (Lipinski definition) is 2. The Morgan fingerprint density at radius 2 is 2.05 bits per heavy atom. The summed E-state index contributed by atoms with van der Waals surface area (Å²) in [6.07, 6.45) is 7.75. The second-order valence-corrected chi connectivity index (χ2v) is 7.46. The Balaban J connectivity index is 1.49. The van der Waals surface area contributed by atoms with Crippen LogP contribution in [0.3, 0.4) is 0 Å². The van der Waals surface area contributed by atoms with Crippen molar-refractivity contribution in [3.05, 3.63) is 29.6 Å². The van der Waals surface area contributed by atoms with Gasteiger partial charge in [-0.05, 0) is 73.5 Å². The van der Waals surface area contributed by atoms with Gasteiger partial charge in [0.05, 0.1) is 7.11 Å². The number of rotatable bonds is 6. The van der Waals surface area contributed by atoms with Gasteiger partial charge in [-0.2, -0.15) is 0 Å². The molecule has 0 spiro atoms. The highest BCUT2D eigenvalue weighted by Crippen LogP contribution is 2.60. The number of methoxy groups -OCH3 is 1. The first kappa shape index (κ1) is 13.6. The summed E-state index contributed by atoms with van der Waals surface area (Å²) in [7, 11) is 1.52. The Morgan fingerprint density at radius 1 is 1.29 bits per heavy atom. The molecule has 2 unspecified atom stereocenters. The van der Waals surface area contributed by atoms with Crippen LogP contribution in [0.2, 0.25) is 0 Å². The normalized spacial score (nSPS) is 33.8. The van der Waals surface area contributed by atoms with Gasteiger partial charge in [-0.15, -0.1) is 0 Å². The summed E-state index contributed by atoms with van der Waals surface area (Å²) in [4.78, 5) is 0. The van der Waals surface area contributed by atoms with Crippen molar-refractivity contribution in [3.63, 3.8) is 0 Å². The molecule has 0 aliphatic heterocycles. The van der Waals surface area contributed by atoms with Gasteiger partial charge in [-0.1, -0.05) is 6.07 Å². The van der Waals surface area contributed by atoms with Crippen LogP contribution < -0.4 is 10.1 Å². The zero-order chi connectivity index (χ0) is 14.4. The average Bonchev–Trinajstić information content (AvgIpc) is 3.37. The third kappa shape index (κ3) is 2.80. The van der Waals surface area contributed by atoms with Gasteiger partial charge in [-0.25, -0.2) is 4.39 Å². The van der Waals surface area contributed by atoms with Crippen LogP contribution in [0.5, 0.6) is 5.75 Å². The maximum atomic E-state index is 13.9. The molecule has 0 radical (unpaired) electrons. The van der Waals surface area contributed by atoms with Gasteiger partial charge in [0.2, 0.25) is 0 Å². The minimum Gasteiger partial charge on any atom is -0.494 e. The first-order valence-electron chi connectivity index (χ1n) is 8.23. The van der Waals surface area contributed by atoms with Gasteiger partial charge >= 0.3 is 0 Å². The molecule has 2 nitrogen and oxygen atoms in total. The van der Waals surface area contributed by atoms with Crippen molar-refractivity contribution < 1.29 is 9.13 Å². The summed E-state index contributed by atoms with van der Waals surface area (Å²) < 4.78 is 18.9. The van der Waals surface area contributed by atoms with Crippen LogP contribution in [0.1, 0.15) is 37.7 Å². The molecule has 114 valence electrons. The minimum absolute atomic E-state index is 0.233. The summed E-state index contributed by atoms with van der Waals surface area (Å²) in [5.74, 6) is 2.02. The molecule has 3 saturated carbocycles. The van der Waals surface area contributed by atoms with Crippen molar-refractivity contribution in [2.24, 2.45) is 17.3 Å². The average molecular weight is 289 g/mol. The standard InChI is InChI=1S/C18H24FNO/c1-21-17-5-2-12(6-16(17)19)8-18(11-20-15-3-4-15)9-13-7-14(13)10-18/h2,5-6,13-15,20H,3-4,7-11H2,1H3. The van der Waals surface area contributed by atoms with Crippen molar-refractivity contribution in [2.75, 3.05) is 13.7 Å². The van der Waals surface area contributed by atoms with E-state index in [-0.39, 0.29) is 5.82 Å². The maximum absolute atomic E-state index is 13.9. The van der Waals surface area contributed by atoms with Crippen LogP contribution in [-0.2, 0) is 6.42 Å². The van der Waals surface area contributed by atoms with E-state index in [1.807, 2.05) is 6.07 Å². The monoisotopic (exact) mass is 289 g/mol. The van der Waals surface area contributed by atoms with E-state index in [0.29, 0.717) is 11.2 Å². The van der Waals surface area contributed by atoms with Crippen molar-refractivity contribution in [3.8, 4) is 5.75 Å². The van der Waals surface area contributed by atoms with Gasteiger partial charge in [0.15, 0.2) is 11.6 Å². The quantitative estimate of drug-likeness (QED) is 0.865. The SMILES string of the molecule is COc1ccc(CC2(CNC3CC3)CC3CC3C2)cc1F. The van der Waals surface area contributed by atoms with Crippen molar-refractivity contribution >= 4 is 0 Å². The summed E-state index contributed by atoms with van der Waals surface area (Å²) in [5, 5.41) is 3.72. The van der Waals surface area contributed by atoms with Crippen LogP contribution in [-0.4, -0.2) is 19.7 Å². The smallest absolute Gasteiger partial charge is 0.165 e. The molecule has 0 amide bonds. The van der Waals surface area contributed by atoms with Crippen LogP contribution >= 0.6 is 0 Å². The number of fused-ring (bicyclic) bond motifs is 1. The zero-order valence-corrected chi connectivity index (χ0v) is 12.7. The Hall–Kier alpha value is -1.09. The molecule has 3 aliphatic rings. The van der Waals surface area contributed by atoms with E-state index >= 15 is 0 Å². The molecular weight excluding hydrogens is 265 g/mol. The molecule has 0 aromatic heterocycles. The van der Waals surface area contributed by atoms with E-state index in [1.165, 1.54) is 39.2 Å². The number of nitrogens with one attached hydrogen (secondary N) is 1. The Bertz CT molecular complexity index is 530. The van der Waals surface area contributed by atoms with E-state index in [4.69, 9.17) is 4.74 Å². The van der Waals surface area contributed by atoms with Gasteiger partial charge in [-0.3, -0.25) is 0 Å². The van der Waals surface area contributed by atoms with Crippen molar-refractivity contribution in [1.82, 2.24) is 5.32 Å². The highest BCUT2D eigenvalue weighted by atomic mass is 19.1.